The zero-order valence-corrected chi connectivity index (χ0v) is 13.2. The molecule has 0 bridgehead atoms. The molecule has 0 aromatic carbocycles. The van der Waals surface area contributed by atoms with Crippen LogP contribution >= 0.6 is 0 Å². The lowest BCUT2D eigenvalue weighted by Gasteiger charge is -2.31. The lowest BCUT2D eigenvalue weighted by atomic mass is 9.82. The molecular weight excluding hydrogens is 266 g/mol. The number of hydrogen-bond donors (Lipinski definition) is 1. The van der Waals surface area contributed by atoms with Gasteiger partial charge in [0.2, 0.25) is 11.8 Å². The smallest absolute Gasteiger partial charge is 0.236 e. The van der Waals surface area contributed by atoms with Crippen molar-refractivity contribution in [1.29, 1.82) is 5.26 Å². The van der Waals surface area contributed by atoms with Gasteiger partial charge in [0.15, 0.2) is 0 Å². The summed E-state index contributed by atoms with van der Waals surface area (Å²) >= 11 is 0. The van der Waals surface area contributed by atoms with Crippen LogP contribution in [-0.2, 0) is 9.59 Å². The molecule has 0 spiro atoms. The van der Waals surface area contributed by atoms with Crippen LogP contribution in [0.25, 0.3) is 0 Å². The number of hydrogen-bond acceptors (Lipinski definition) is 3. The average molecular weight is 293 g/mol. The number of nitrogens with zero attached hydrogens (tertiary/aromatic N) is 2. The Labute approximate surface area is 127 Å². The molecule has 118 valence electrons. The van der Waals surface area contributed by atoms with E-state index in [9.17, 15) is 9.59 Å². The third-order valence-electron chi connectivity index (χ3n) is 4.58. The highest BCUT2D eigenvalue weighted by atomic mass is 16.2. The van der Waals surface area contributed by atoms with Gasteiger partial charge < -0.3 is 10.6 Å². The highest BCUT2D eigenvalue weighted by Gasteiger charge is 2.33. The van der Waals surface area contributed by atoms with E-state index < -0.39 is 11.8 Å². The minimum absolute atomic E-state index is 0.0162. The molecule has 0 aliphatic heterocycles. The maximum absolute atomic E-state index is 12.6. The van der Waals surface area contributed by atoms with Crippen LogP contribution < -0.4 is 5.73 Å². The fourth-order valence-corrected chi connectivity index (χ4v) is 3.04. The van der Waals surface area contributed by atoms with Gasteiger partial charge in [0.25, 0.3) is 0 Å². The predicted octanol–water partition coefficient (Wildman–Crippen LogP) is 2.21. The van der Waals surface area contributed by atoms with E-state index in [0.717, 1.165) is 32.1 Å². The zero-order chi connectivity index (χ0) is 15.8. The van der Waals surface area contributed by atoms with Crippen LogP contribution in [0.5, 0.6) is 0 Å². The first-order chi connectivity index (χ1) is 10.0. The fraction of sp³-hybridized carbons (Fsp3) is 0.812. The second kappa shape index (κ2) is 8.66. The molecule has 21 heavy (non-hydrogen) atoms. The number of amides is 2. The zero-order valence-electron chi connectivity index (χ0n) is 13.2. The Morgan fingerprint density at radius 3 is 2.43 bits per heavy atom. The van der Waals surface area contributed by atoms with Gasteiger partial charge in [0, 0.05) is 6.04 Å². The summed E-state index contributed by atoms with van der Waals surface area (Å²) in [5.74, 6) is -1.21. The van der Waals surface area contributed by atoms with Crippen molar-refractivity contribution in [3.63, 3.8) is 0 Å². The minimum Gasteiger partial charge on any atom is -0.369 e. The Morgan fingerprint density at radius 2 is 1.95 bits per heavy atom. The molecule has 1 fully saturated rings. The molecule has 0 heterocycles. The number of carbonyl (C=O) groups is 2. The fourth-order valence-electron chi connectivity index (χ4n) is 3.04. The molecule has 1 saturated carbocycles. The highest BCUT2D eigenvalue weighted by molar-refractivity contribution is 5.99. The van der Waals surface area contributed by atoms with Gasteiger partial charge in [0.05, 0.1) is 6.07 Å². The van der Waals surface area contributed by atoms with Crippen molar-refractivity contribution in [2.75, 3.05) is 6.54 Å². The number of primary amides is 1. The van der Waals surface area contributed by atoms with Crippen molar-refractivity contribution in [3.05, 3.63) is 0 Å². The summed E-state index contributed by atoms with van der Waals surface area (Å²) in [6.45, 7) is 3.87. The number of rotatable bonds is 7. The predicted molar refractivity (Wildman–Crippen MR) is 81.0 cm³/mol. The van der Waals surface area contributed by atoms with Crippen LogP contribution in [-0.4, -0.2) is 29.3 Å². The summed E-state index contributed by atoms with van der Waals surface area (Å²) in [7, 11) is 0. The van der Waals surface area contributed by atoms with Crippen molar-refractivity contribution in [3.8, 4) is 6.07 Å². The maximum Gasteiger partial charge on any atom is 0.236 e. The van der Waals surface area contributed by atoms with Crippen molar-refractivity contribution in [2.24, 2.45) is 17.6 Å². The standard InChI is InChI=1S/C16H27N3O2/c1-3-12(2)19(10-9-17)16(21)14(15(18)20)11-13-7-5-4-6-8-13/h12-14H,3-8,10-11H2,1-2H3,(H2,18,20). The average Bonchev–Trinajstić information content (AvgIpc) is 2.49. The van der Waals surface area contributed by atoms with Crippen LogP contribution in [0.3, 0.4) is 0 Å². The first-order valence-electron chi connectivity index (χ1n) is 7.98. The molecule has 0 aromatic rings. The van der Waals surface area contributed by atoms with E-state index in [4.69, 9.17) is 11.0 Å². The third kappa shape index (κ3) is 5.04. The molecule has 1 aliphatic carbocycles. The van der Waals surface area contributed by atoms with Gasteiger partial charge in [-0.25, -0.2) is 0 Å². The van der Waals surface area contributed by atoms with Crippen LogP contribution in [0.1, 0.15) is 58.8 Å². The number of nitrogens with two attached hydrogens (primary N) is 1. The molecule has 0 aromatic heterocycles. The summed E-state index contributed by atoms with van der Waals surface area (Å²) in [6, 6.07) is 1.96. The van der Waals surface area contributed by atoms with Crippen LogP contribution in [0.4, 0.5) is 0 Å². The van der Waals surface area contributed by atoms with Crippen molar-refractivity contribution >= 4 is 11.8 Å². The number of nitriles is 1. The number of carbonyl (C=O) groups excluding carboxylic acids is 2. The topological polar surface area (TPSA) is 87.2 Å². The van der Waals surface area contributed by atoms with Gasteiger partial charge in [-0.05, 0) is 25.7 Å². The van der Waals surface area contributed by atoms with Gasteiger partial charge in [-0.1, -0.05) is 39.0 Å². The third-order valence-corrected chi connectivity index (χ3v) is 4.58. The summed E-state index contributed by atoms with van der Waals surface area (Å²) < 4.78 is 0. The second-order valence-electron chi connectivity index (χ2n) is 6.08. The van der Waals surface area contributed by atoms with Crippen molar-refractivity contribution < 1.29 is 9.59 Å². The highest BCUT2D eigenvalue weighted by Crippen LogP contribution is 2.30. The Morgan fingerprint density at radius 1 is 1.33 bits per heavy atom. The molecule has 1 aliphatic rings. The van der Waals surface area contributed by atoms with Gasteiger partial charge in [0.1, 0.15) is 12.5 Å². The summed E-state index contributed by atoms with van der Waals surface area (Å²) in [5.41, 5.74) is 5.46. The molecule has 0 radical (unpaired) electrons. The van der Waals surface area contributed by atoms with Crippen LogP contribution in [0, 0.1) is 23.2 Å². The van der Waals surface area contributed by atoms with Crippen molar-refractivity contribution in [1.82, 2.24) is 4.90 Å². The molecule has 2 amide bonds. The van der Waals surface area contributed by atoms with Crippen molar-refractivity contribution in [2.45, 2.75) is 64.8 Å². The Hall–Kier alpha value is -1.57. The lowest BCUT2D eigenvalue weighted by molar-refractivity contribution is -0.143. The monoisotopic (exact) mass is 293 g/mol. The molecule has 5 nitrogen and oxygen atoms in total. The minimum atomic E-state index is -0.782. The summed E-state index contributed by atoms with van der Waals surface area (Å²) in [5, 5.41) is 8.91. The Balaban J connectivity index is 2.79. The largest absolute Gasteiger partial charge is 0.369 e. The summed E-state index contributed by atoms with van der Waals surface area (Å²) in [6.07, 6.45) is 6.99. The first-order valence-corrected chi connectivity index (χ1v) is 7.98. The summed E-state index contributed by atoms with van der Waals surface area (Å²) in [4.78, 5) is 25.8. The lowest BCUT2D eigenvalue weighted by Crippen LogP contribution is -2.46. The SMILES string of the molecule is CCC(C)N(CC#N)C(=O)C(CC1CCCCC1)C(N)=O. The van der Waals surface area contributed by atoms with Gasteiger partial charge in [-0.2, -0.15) is 5.26 Å². The molecule has 0 saturated heterocycles. The molecule has 2 atom stereocenters. The first kappa shape index (κ1) is 17.5. The Bertz CT molecular complexity index is 397. The van der Waals surface area contributed by atoms with Crippen LogP contribution in [0.2, 0.25) is 0 Å². The Kier molecular flexibility index (Phi) is 7.21. The van der Waals surface area contributed by atoms with Gasteiger partial charge in [-0.3, -0.25) is 9.59 Å². The van der Waals surface area contributed by atoms with E-state index in [2.05, 4.69) is 0 Å². The maximum atomic E-state index is 12.6. The quantitative estimate of drug-likeness (QED) is 0.576. The van der Waals surface area contributed by atoms with Crippen LogP contribution in [0.15, 0.2) is 0 Å². The van der Waals surface area contributed by atoms with E-state index in [-0.39, 0.29) is 18.5 Å². The van der Waals surface area contributed by atoms with Gasteiger partial charge in [-0.15, -0.1) is 0 Å². The molecular formula is C16H27N3O2. The molecule has 5 heteroatoms. The van der Waals surface area contributed by atoms with E-state index in [1.807, 2.05) is 19.9 Å². The second-order valence-corrected chi connectivity index (χ2v) is 6.08. The van der Waals surface area contributed by atoms with Gasteiger partial charge >= 0.3 is 0 Å². The normalized spacial score (nSPS) is 18.5. The van der Waals surface area contributed by atoms with E-state index in [1.54, 1.807) is 0 Å². The van der Waals surface area contributed by atoms with E-state index in [0.29, 0.717) is 12.3 Å². The molecule has 1 rings (SSSR count). The molecule has 2 unspecified atom stereocenters. The van der Waals surface area contributed by atoms with E-state index in [1.165, 1.54) is 11.3 Å². The molecule has 2 N–H and O–H groups in total. The van der Waals surface area contributed by atoms with E-state index >= 15 is 0 Å².